The summed E-state index contributed by atoms with van der Waals surface area (Å²) in [6, 6.07) is 5.37. The molecular formula is C11H14NO3S+. The highest BCUT2D eigenvalue weighted by Crippen LogP contribution is 2.14. The molecule has 0 aliphatic rings. The van der Waals surface area contributed by atoms with Crippen LogP contribution in [0.5, 0.6) is 0 Å². The maximum absolute atomic E-state index is 11.7. The summed E-state index contributed by atoms with van der Waals surface area (Å²) in [6.07, 6.45) is 5.05. The molecule has 1 N–H and O–H groups in total. The Labute approximate surface area is 98.6 Å². The molecule has 86 valence electrons. The SMILES string of the molecule is CCOC(=O)/C(=C(\O)SC)[n+]1ccccc1. The van der Waals surface area contributed by atoms with Crippen molar-refractivity contribution in [3.8, 4) is 0 Å². The van der Waals surface area contributed by atoms with Gasteiger partial charge in [-0.1, -0.05) is 17.8 Å². The molecule has 0 atom stereocenters. The normalized spacial score (nSPS) is 11.9. The van der Waals surface area contributed by atoms with Gasteiger partial charge < -0.3 is 9.84 Å². The molecule has 0 bridgehead atoms. The van der Waals surface area contributed by atoms with Gasteiger partial charge in [-0.15, -0.1) is 0 Å². The monoisotopic (exact) mass is 240 g/mol. The predicted octanol–water partition coefficient (Wildman–Crippen LogP) is 1.58. The van der Waals surface area contributed by atoms with Gasteiger partial charge in [0.1, 0.15) is 0 Å². The molecule has 5 heteroatoms. The van der Waals surface area contributed by atoms with Gasteiger partial charge in [0, 0.05) is 12.1 Å². The van der Waals surface area contributed by atoms with E-state index in [1.807, 2.05) is 6.07 Å². The Balaban J connectivity index is 3.13. The number of carbonyl (C=O) groups excluding carboxylic acids is 1. The van der Waals surface area contributed by atoms with Crippen LogP contribution in [0.2, 0.25) is 0 Å². The maximum Gasteiger partial charge on any atom is 0.408 e. The van der Waals surface area contributed by atoms with Gasteiger partial charge in [0.15, 0.2) is 12.4 Å². The molecule has 0 radical (unpaired) electrons. The second kappa shape index (κ2) is 6.17. The topological polar surface area (TPSA) is 50.4 Å². The number of aromatic nitrogens is 1. The van der Waals surface area contributed by atoms with E-state index >= 15 is 0 Å². The van der Waals surface area contributed by atoms with E-state index in [1.54, 1.807) is 37.7 Å². The summed E-state index contributed by atoms with van der Waals surface area (Å²) < 4.78 is 6.42. The first-order chi connectivity index (χ1) is 7.70. The number of ether oxygens (including phenoxy) is 1. The Morgan fingerprint density at radius 1 is 1.38 bits per heavy atom. The molecule has 0 saturated heterocycles. The fourth-order valence-corrected chi connectivity index (χ4v) is 1.53. The molecule has 0 unspecified atom stereocenters. The first-order valence-electron chi connectivity index (χ1n) is 4.81. The summed E-state index contributed by atoms with van der Waals surface area (Å²) in [7, 11) is 0. The summed E-state index contributed by atoms with van der Waals surface area (Å²) in [6.45, 7) is 2.00. The zero-order chi connectivity index (χ0) is 12.0. The highest BCUT2D eigenvalue weighted by molar-refractivity contribution is 8.02. The van der Waals surface area contributed by atoms with E-state index < -0.39 is 5.97 Å². The molecule has 0 saturated carbocycles. The van der Waals surface area contributed by atoms with Gasteiger partial charge in [-0.3, -0.25) is 0 Å². The minimum Gasteiger partial charge on any atom is -0.497 e. The van der Waals surface area contributed by atoms with Crippen LogP contribution in [0, 0.1) is 0 Å². The highest BCUT2D eigenvalue weighted by atomic mass is 32.2. The lowest BCUT2D eigenvalue weighted by Gasteiger charge is -2.03. The highest BCUT2D eigenvalue weighted by Gasteiger charge is 2.26. The molecule has 1 heterocycles. The number of hydrogen-bond acceptors (Lipinski definition) is 4. The molecule has 0 amide bonds. The molecule has 16 heavy (non-hydrogen) atoms. The summed E-state index contributed by atoms with van der Waals surface area (Å²) in [4.78, 5) is 11.7. The summed E-state index contributed by atoms with van der Waals surface area (Å²) in [5.41, 5.74) is 0.134. The molecule has 1 aromatic heterocycles. The van der Waals surface area contributed by atoms with Crippen LogP contribution >= 0.6 is 11.8 Å². The zero-order valence-electron chi connectivity index (χ0n) is 9.21. The second-order valence-corrected chi connectivity index (χ2v) is 3.66. The Morgan fingerprint density at radius 2 is 2.00 bits per heavy atom. The standard InChI is InChI=1S/C11H13NO3S/c1-3-15-10(13)9(11(14)16-2)12-7-5-4-6-8-12/h4-8H,3H2,1-2H3/p+1. The van der Waals surface area contributed by atoms with Crippen molar-refractivity contribution in [2.24, 2.45) is 0 Å². The zero-order valence-corrected chi connectivity index (χ0v) is 10.0. The van der Waals surface area contributed by atoms with Crippen LogP contribution in [0.15, 0.2) is 35.7 Å². The largest absolute Gasteiger partial charge is 0.497 e. The van der Waals surface area contributed by atoms with Gasteiger partial charge in [0.2, 0.25) is 5.09 Å². The second-order valence-electron chi connectivity index (χ2n) is 2.86. The quantitative estimate of drug-likeness (QED) is 0.376. The van der Waals surface area contributed by atoms with Crippen molar-refractivity contribution < 1.29 is 19.2 Å². The summed E-state index contributed by atoms with van der Waals surface area (Å²) in [5, 5.41) is 9.63. The van der Waals surface area contributed by atoms with Gasteiger partial charge in [-0.05, 0) is 13.2 Å². The number of thioether (sulfide) groups is 1. The van der Waals surface area contributed by atoms with Crippen molar-refractivity contribution in [1.82, 2.24) is 0 Å². The van der Waals surface area contributed by atoms with E-state index in [9.17, 15) is 9.90 Å². The van der Waals surface area contributed by atoms with E-state index in [1.165, 1.54) is 4.57 Å². The van der Waals surface area contributed by atoms with Crippen LogP contribution in [-0.4, -0.2) is 23.9 Å². The lowest BCUT2D eigenvalue weighted by Crippen LogP contribution is -2.37. The van der Waals surface area contributed by atoms with E-state index in [0.29, 0.717) is 0 Å². The Morgan fingerprint density at radius 3 is 2.50 bits per heavy atom. The summed E-state index contributed by atoms with van der Waals surface area (Å²) >= 11 is 1.10. The van der Waals surface area contributed by atoms with Crippen LogP contribution in [0.25, 0.3) is 5.70 Å². The lowest BCUT2D eigenvalue weighted by molar-refractivity contribution is -0.579. The van der Waals surface area contributed by atoms with Crippen LogP contribution in [0.1, 0.15) is 6.92 Å². The number of nitrogens with zero attached hydrogens (tertiary/aromatic N) is 1. The number of aliphatic hydroxyl groups excluding tert-OH is 1. The molecule has 1 rings (SSSR count). The molecule has 0 aliphatic carbocycles. The Kier molecular flexibility index (Phi) is 4.85. The molecule has 4 nitrogen and oxygen atoms in total. The van der Waals surface area contributed by atoms with E-state index in [2.05, 4.69) is 0 Å². The van der Waals surface area contributed by atoms with Crippen LogP contribution < -0.4 is 4.57 Å². The van der Waals surface area contributed by atoms with Crippen molar-refractivity contribution in [2.75, 3.05) is 12.9 Å². The van der Waals surface area contributed by atoms with Crippen molar-refractivity contribution in [3.05, 3.63) is 35.7 Å². The first kappa shape index (κ1) is 12.6. The van der Waals surface area contributed by atoms with Crippen molar-refractivity contribution in [2.45, 2.75) is 6.92 Å². The minimum atomic E-state index is -0.537. The van der Waals surface area contributed by atoms with Crippen LogP contribution in [0.3, 0.4) is 0 Å². The van der Waals surface area contributed by atoms with Crippen LogP contribution in [-0.2, 0) is 9.53 Å². The summed E-state index contributed by atoms with van der Waals surface area (Å²) in [5.74, 6) is -0.537. The molecule has 1 aromatic rings. The maximum atomic E-state index is 11.7. The Hall–Kier alpha value is -1.49. The fourth-order valence-electron chi connectivity index (χ4n) is 1.15. The smallest absolute Gasteiger partial charge is 0.408 e. The number of pyridine rings is 1. The molecule has 0 aliphatic heterocycles. The van der Waals surface area contributed by atoms with Gasteiger partial charge >= 0.3 is 11.7 Å². The van der Waals surface area contributed by atoms with Gasteiger partial charge in [-0.25, -0.2) is 4.79 Å². The third kappa shape index (κ3) is 3.00. The van der Waals surface area contributed by atoms with Gasteiger partial charge in [0.25, 0.3) is 0 Å². The van der Waals surface area contributed by atoms with Crippen molar-refractivity contribution >= 4 is 23.4 Å². The van der Waals surface area contributed by atoms with Crippen molar-refractivity contribution in [3.63, 3.8) is 0 Å². The first-order valence-corrected chi connectivity index (χ1v) is 6.04. The van der Waals surface area contributed by atoms with Crippen LogP contribution in [0.4, 0.5) is 0 Å². The Bertz CT molecular complexity index is 389. The number of esters is 1. The fraction of sp³-hybridized carbons (Fsp3) is 0.273. The minimum absolute atomic E-state index is 0.0605. The van der Waals surface area contributed by atoms with E-state index in [4.69, 9.17) is 4.74 Å². The molecular weight excluding hydrogens is 226 g/mol. The van der Waals surface area contributed by atoms with E-state index in [-0.39, 0.29) is 17.4 Å². The van der Waals surface area contributed by atoms with Gasteiger partial charge in [-0.2, -0.15) is 4.57 Å². The third-order valence-corrected chi connectivity index (χ3v) is 2.42. The van der Waals surface area contributed by atoms with E-state index in [0.717, 1.165) is 11.8 Å². The average Bonchev–Trinajstić information content (AvgIpc) is 2.31. The predicted molar refractivity (Wildman–Crippen MR) is 62.6 cm³/mol. The number of rotatable bonds is 4. The number of carbonyl (C=O) groups is 1. The lowest BCUT2D eigenvalue weighted by atomic mass is 10.4. The molecule has 0 aromatic carbocycles. The number of aliphatic hydroxyl groups is 1. The molecule has 0 spiro atoms. The van der Waals surface area contributed by atoms with Crippen molar-refractivity contribution in [1.29, 1.82) is 0 Å². The molecule has 0 fully saturated rings. The van der Waals surface area contributed by atoms with Gasteiger partial charge in [0.05, 0.1) is 6.61 Å². The third-order valence-electron chi connectivity index (χ3n) is 1.84. The number of hydrogen-bond donors (Lipinski definition) is 1. The average molecular weight is 240 g/mol.